The topological polar surface area (TPSA) is 117 Å². The second kappa shape index (κ2) is 12.2. The average molecular weight is 571 g/mol. The molecule has 2 aliphatic rings. The maximum Gasteiger partial charge on any atom is 0.305 e. The summed E-state index contributed by atoms with van der Waals surface area (Å²) >= 11 is 0. The number of carbonyl (C=O) groups excluding carboxylic acids is 3. The summed E-state index contributed by atoms with van der Waals surface area (Å²) in [7, 11) is 1.34. The molecule has 2 aliphatic heterocycles. The Hall–Kier alpha value is -4.47. The molecule has 0 saturated heterocycles. The fraction of sp³-hybridized carbons (Fsp3) is 0.303. The van der Waals surface area contributed by atoms with Gasteiger partial charge in [-0.25, -0.2) is 0 Å². The van der Waals surface area contributed by atoms with Gasteiger partial charge in [-0.15, -0.1) is 0 Å². The van der Waals surface area contributed by atoms with Crippen LogP contribution in [0.5, 0.6) is 11.5 Å². The number of ether oxygens (including phenoxy) is 2. The van der Waals surface area contributed by atoms with Crippen LogP contribution in [-0.4, -0.2) is 48.3 Å². The van der Waals surface area contributed by atoms with Crippen LogP contribution in [-0.2, 0) is 19.9 Å². The van der Waals surface area contributed by atoms with E-state index in [4.69, 9.17) is 9.47 Å². The van der Waals surface area contributed by atoms with Gasteiger partial charge >= 0.3 is 5.97 Å². The van der Waals surface area contributed by atoms with Crippen molar-refractivity contribution in [3.8, 4) is 11.5 Å². The van der Waals surface area contributed by atoms with Crippen molar-refractivity contribution in [2.45, 2.75) is 38.2 Å². The Labute approximate surface area is 244 Å². The third kappa shape index (κ3) is 5.17. The molecule has 3 aromatic carbocycles. The number of para-hydroxylation sites is 3. The van der Waals surface area contributed by atoms with Crippen molar-refractivity contribution in [2.24, 2.45) is 5.92 Å². The van der Waals surface area contributed by atoms with Gasteiger partial charge in [0.15, 0.2) is 11.4 Å². The predicted octanol–water partition coefficient (Wildman–Crippen LogP) is 5.22. The zero-order valence-corrected chi connectivity index (χ0v) is 23.7. The van der Waals surface area contributed by atoms with Crippen molar-refractivity contribution in [2.75, 3.05) is 30.1 Å². The minimum atomic E-state index is -1.91. The van der Waals surface area contributed by atoms with E-state index < -0.39 is 17.4 Å². The highest BCUT2D eigenvalue weighted by Crippen LogP contribution is 2.49. The SMILES string of the molecule is COC(=O)CCCCN1C(=O)[C@](O)([C@H](C)/C=C/CCO)c2cc(N3C(=O)c4ccccc4Oc4ccccc43)ccc21. The quantitative estimate of drug-likeness (QED) is 0.195. The molecular formula is C33H34N2O7. The molecule has 5 rings (SSSR count). The number of hydrogen-bond acceptors (Lipinski definition) is 7. The molecule has 9 nitrogen and oxygen atoms in total. The molecule has 0 unspecified atom stereocenters. The van der Waals surface area contributed by atoms with Gasteiger partial charge in [0, 0.05) is 36.7 Å². The minimum Gasteiger partial charge on any atom is -0.469 e. The molecule has 9 heteroatoms. The highest BCUT2D eigenvalue weighted by atomic mass is 16.5. The number of carbonyl (C=O) groups is 3. The fourth-order valence-electron chi connectivity index (χ4n) is 5.52. The largest absolute Gasteiger partial charge is 0.469 e. The lowest BCUT2D eigenvalue weighted by Gasteiger charge is -2.28. The number of hydrogen-bond donors (Lipinski definition) is 2. The normalized spacial score (nSPS) is 18.3. The number of aliphatic hydroxyl groups excluding tert-OH is 1. The second-order valence-corrected chi connectivity index (χ2v) is 10.4. The molecule has 0 aliphatic carbocycles. The number of benzene rings is 3. The number of rotatable bonds is 10. The summed E-state index contributed by atoms with van der Waals surface area (Å²) in [5, 5.41) is 21.4. The van der Waals surface area contributed by atoms with Crippen molar-refractivity contribution >= 4 is 34.8 Å². The molecule has 0 fully saturated rings. The van der Waals surface area contributed by atoms with Crippen molar-refractivity contribution < 1.29 is 34.1 Å². The van der Waals surface area contributed by atoms with E-state index in [0.717, 1.165) is 0 Å². The lowest BCUT2D eigenvalue weighted by atomic mass is 9.82. The molecule has 0 bridgehead atoms. The second-order valence-electron chi connectivity index (χ2n) is 10.4. The summed E-state index contributed by atoms with van der Waals surface area (Å²) in [6.07, 6.45) is 5.13. The van der Waals surface area contributed by atoms with Crippen LogP contribution in [0.25, 0.3) is 0 Å². The maximum absolute atomic E-state index is 14.0. The third-order valence-corrected chi connectivity index (χ3v) is 7.78. The molecule has 42 heavy (non-hydrogen) atoms. The molecule has 2 atom stereocenters. The molecule has 0 radical (unpaired) electrons. The lowest BCUT2D eigenvalue weighted by molar-refractivity contribution is -0.140. The molecule has 2 amide bonds. The van der Waals surface area contributed by atoms with Gasteiger partial charge in [-0.2, -0.15) is 0 Å². The van der Waals surface area contributed by atoms with Gasteiger partial charge in [-0.1, -0.05) is 43.3 Å². The van der Waals surface area contributed by atoms with E-state index in [9.17, 15) is 24.6 Å². The molecule has 0 saturated carbocycles. The summed E-state index contributed by atoms with van der Waals surface area (Å²) in [5.41, 5.74) is 0.386. The minimum absolute atomic E-state index is 0.0529. The zero-order valence-electron chi connectivity index (χ0n) is 23.7. The number of esters is 1. The molecule has 218 valence electrons. The summed E-state index contributed by atoms with van der Waals surface area (Å²) in [4.78, 5) is 42.6. The van der Waals surface area contributed by atoms with E-state index in [0.29, 0.717) is 65.5 Å². The molecule has 3 aromatic rings. The molecule has 0 spiro atoms. The average Bonchev–Trinajstić information content (AvgIpc) is 3.13. The first-order chi connectivity index (χ1) is 20.3. The Morgan fingerprint density at radius 1 is 1.02 bits per heavy atom. The van der Waals surface area contributed by atoms with E-state index >= 15 is 0 Å². The summed E-state index contributed by atoms with van der Waals surface area (Å²) < 4.78 is 10.8. The Bertz CT molecular complexity index is 1530. The van der Waals surface area contributed by atoms with Crippen molar-refractivity contribution in [3.63, 3.8) is 0 Å². The highest BCUT2D eigenvalue weighted by molar-refractivity contribution is 6.15. The van der Waals surface area contributed by atoms with Crippen LogP contribution in [0, 0.1) is 5.92 Å². The van der Waals surface area contributed by atoms with Crippen LogP contribution >= 0.6 is 0 Å². The maximum atomic E-state index is 14.0. The van der Waals surface area contributed by atoms with Crippen molar-refractivity contribution in [3.05, 3.63) is 90.0 Å². The van der Waals surface area contributed by atoms with Crippen LogP contribution in [0.1, 0.15) is 48.5 Å². The Kier molecular flexibility index (Phi) is 8.42. The number of nitrogens with zero attached hydrogens (tertiary/aromatic N) is 2. The first-order valence-corrected chi connectivity index (χ1v) is 14.0. The van der Waals surface area contributed by atoms with Gasteiger partial charge < -0.3 is 24.6 Å². The number of amides is 2. The van der Waals surface area contributed by atoms with Gasteiger partial charge in [0.25, 0.3) is 11.8 Å². The van der Waals surface area contributed by atoms with Gasteiger partial charge in [0.05, 0.1) is 24.0 Å². The standard InChI is InChI=1S/C33H34N2O7/c1-22(11-8-10-20-36)33(40)25-21-23(17-18-26(25)34(32(33)39)19-9-7-16-30(37)41-2)35-27-13-4-6-15-29(27)42-28-14-5-3-12-24(28)31(35)38/h3-6,8,11-15,17-18,21-22,36,40H,7,9-10,16,19-20H2,1-2H3/b11-8+/t22-,33+/m1/s1. The van der Waals surface area contributed by atoms with E-state index in [1.165, 1.54) is 12.0 Å². The number of anilines is 3. The van der Waals surface area contributed by atoms with E-state index in [2.05, 4.69) is 0 Å². The molecule has 0 aromatic heterocycles. The van der Waals surface area contributed by atoms with Crippen molar-refractivity contribution in [1.82, 2.24) is 0 Å². The number of methoxy groups -OCH3 is 1. The number of unbranched alkanes of at least 4 members (excludes halogenated alkanes) is 1. The van der Waals surface area contributed by atoms with Crippen LogP contribution in [0.4, 0.5) is 17.1 Å². The number of fused-ring (bicyclic) bond motifs is 3. The van der Waals surface area contributed by atoms with Crippen LogP contribution in [0.3, 0.4) is 0 Å². The van der Waals surface area contributed by atoms with E-state index in [1.807, 2.05) is 12.1 Å². The van der Waals surface area contributed by atoms with Crippen LogP contribution in [0.2, 0.25) is 0 Å². The molecular weight excluding hydrogens is 536 g/mol. The Morgan fingerprint density at radius 2 is 1.76 bits per heavy atom. The van der Waals surface area contributed by atoms with Gasteiger partial charge in [-0.05, 0) is 61.7 Å². The highest BCUT2D eigenvalue weighted by Gasteiger charge is 2.52. The van der Waals surface area contributed by atoms with Gasteiger partial charge in [0.1, 0.15) is 5.75 Å². The van der Waals surface area contributed by atoms with Gasteiger partial charge in [-0.3, -0.25) is 19.3 Å². The lowest BCUT2D eigenvalue weighted by Crippen LogP contribution is -2.44. The molecule has 2 N–H and O–H groups in total. The zero-order chi connectivity index (χ0) is 29.9. The van der Waals surface area contributed by atoms with Crippen molar-refractivity contribution in [1.29, 1.82) is 0 Å². The Morgan fingerprint density at radius 3 is 2.52 bits per heavy atom. The van der Waals surface area contributed by atoms with Crippen LogP contribution < -0.4 is 14.5 Å². The molecule has 2 heterocycles. The summed E-state index contributed by atoms with van der Waals surface area (Å²) in [5.74, 6) is -0.813. The first-order valence-electron chi connectivity index (χ1n) is 14.0. The van der Waals surface area contributed by atoms with E-state index in [-0.39, 0.29) is 24.9 Å². The van der Waals surface area contributed by atoms with Gasteiger partial charge in [0.2, 0.25) is 0 Å². The van der Waals surface area contributed by atoms with Crippen LogP contribution in [0.15, 0.2) is 78.9 Å². The summed E-state index contributed by atoms with van der Waals surface area (Å²) in [6, 6.07) is 19.4. The predicted molar refractivity (Wildman–Crippen MR) is 158 cm³/mol. The number of aliphatic hydroxyl groups is 2. The Balaban J connectivity index is 1.59. The fourth-order valence-corrected chi connectivity index (χ4v) is 5.52. The monoisotopic (exact) mass is 570 g/mol. The summed E-state index contributed by atoms with van der Waals surface area (Å²) in [6.45, 7) is 1.99. The van der Waals surface area contributed by atoms with E-state index in [1.54, 1.807) is 78.6 Å². The first kappa shape index (κ1) is 29.0. The third-order valence-electron chi connectivity index (χ3n) is 7.78. The smallest absolute Gasteiger partial charge is 0.305 e.